The van der Waals surface area contributed by atoms with E-state index in [-0.39, 0.29) is 15.2 Å². The van der Waals surface area contributed by atoms with Crippen molar-refractivity contribution in [3.05, 3.63) is 11.0 Å². The van der Waals surface area contributed by atoms with Gasteiger partial charge < -0.3 is 0 Å². The summed E-state index contributed by atoms with van der Waals surface area (Å²) >= 11 is 0.130. The first-order valence-corrected chi connectivity index (χ1v) is 12.9. The minimum Gasteiger partial charge on any atom is -0.152 e. The summed E-state index contributed by atoms with van der Waals surface area (Å²) < 4.78 is 0. The van der Waals surface area contributed by atoms with E-state index in [0.717, 1.165) is 0 Å². The molecule has 0 aliphatic rings. The van der Waals surface area contributed by atoms with E-state index in [4.69, 9.17) is 0 Å². The molecular formula is C22H45Al. The number of rotatable bonds is 19. The van der Waals surface area contributed by atoms with Crippen LogP contribution in [0.2, 0.25) is 5.28 Å². The van der Waals surface area contributed by atoms with Gasteiger partial charge in [-0.25, -0.2) is 0 Å². The van der Waals surface area contributed by atoms with Gasteiger partial charge >= 0.3 is 0 Å². The minimum atomic E-state index is 0.130. The Morgan fingerprint density at radius 3 is 1.48 bits per heavy atom. The molecule has 0 radical (unpaired) electrons. The van der Waals surface area contributed by atoms with Crippen molar-refractivity contribution in [2.24, 2.45) is 0 Å². The van der Waals surface area contributed by atoms with Crippen LogP contribution in [0.5, 0.6) is 0 Å². The van der Waals surface area contributed by atoms with Crippen molar-refractivity contribution in [1.29, 1.82) is 0 Å². The fourth-order valence-corrected chi connectivity index (χ4v) is 4.55. The van der Waals surface area contributed by atoms with Crippen LogP contribution in [-0.4, -0.2) is 15.2 Å². The summed E-state index contributed by atoms with van der Waals surface area (Å²) in [6.07, 6.45) is 27.1. The Balaban J connectivity index is 3.03. The third kappa shape index (κ3) is 22.3. The standard InChI is InChI=1S/C12H23.C10H21.Al.H/c1-3-5-7-9-11-12-10-8-6-4-2;1-3-5-7-9-10-8-6-4-2;;/h1,3H,4-12H2,2H3;1,3-10H2,2H3;;. The van der Waals surface area contributed by atoms with E-state index in [0.29, 0.717) is 0 Å². The van der Waals surface area contributed by atoms with Crippen LogP contribution in [0.1, 0.15) is 123 Å². The van der Waals surface area contributed by atoms with Gasteiger partial charge in [0.05, 0.1) is 0 Å². The Kier molecular flexibility index (Phi) is 22.5. The van der Waals surface area contributed by atoms with Crippen LogP contribution in [-0.2, 0) is 0 Å². The van der Waals surface area contributed by atoms with E-state index in [1.807, 2.05) is 0 Å². The molecule has 0 aromatic carbocycles. The van der Waals surface area contributed by atoms with Crippen LogP contribution in [0.3, 0.4) is 0 Å². The zero-order valence-corrected chi connectivity index (χ0v) is 18.0. The molecule has 0 N–H and O–H groups in total. The third-order valence-corrected chi connectivity index (χ3v) is 6.44. The summed E-state index contributed by atoms with van der Waals surface area (Å²) in [4.78, 5) is 2.57. The van der Waals surface area contributed by atoms with Crippen molar-refractivity contribution in [2.75, 3.05) is 0 Å². The van der Waals surface area contributed by atoms with Crippen molar-refractivity contribution < 1.29 is 0 Å². The number of unbranched alkanes of at least 4 members (excludes halogenated alkanes) is 15. The summed E-state index contributed by atoms with van der Waals surface area (Å²) in [5, 5.41) is 1.54. The van der Waals surface area contributed by atoms with E-state index in [2.05, 4.69) is 24.9 Å². The van der Waals surface area contributed by atoms with Crippen LogP contribution >= 0.6 is 0 Å². The lowest BCUT2D eigenvalue weighted by molar-refractivity contribution is 0.577. The van der Waals surface area contributed by atoms with E-state index < -0.39 is 0 Å². The maximum Gasteiger partial charge on any atom is 0.269 e. The van der Waals surface area contributed by atoms with Gasteiger partial charge in [-0.05, 0) is 12.8 Å². The molecule has 0 bridgehead atoms. The Morgan fingerprint density at radius 2 is 0.957 bits per heavy atom. The van der Waals surface area contributed by atoms with E-state index in [9.17, 15) is 0 Å². The molecule has 0 aliphatic carbocycles. The molecule has 0 amide bonds. The van der Waals surface area contributed by atoms with E-state index >= 15 is 0 Å². The quantitative estimate of drug-likeness (QED) is 0.165. The molecule has 0 fully saturated rings. The van der Waals surface area contributed by atoms with Crippen molar-refractivity contribution in [1.82, 2.24) is 0 Å². The molecule has 0 nitrogen and oxygen atoms in total. The zero-order valence-electron chi connectivity index (χ0n) is 16.6. The lowest BCUT2D eigenvalue weighted by atomic mass is 10.1. The lowest BCUT2D eigenvalue weighted by Crippen LogP contribution is -1.86. The largest absolute Gasteiger partial charge is 0.269 e. The second kappa shape index (κ2) is 22.3. The van der Waals surface area contributed by atoms with Crippen LogP contribution in [0.25, 0.3) is 0 Å². The van der Waals surface area contributed by atoms with Gasteiger partial charge in [-0.3, -0.25) is 0 Å². The molecule has 23 heavy (non-hydrogen) atoms. The topological polar surface area (TPSA) is 0 Å². The second-order valence-corrected chi connectivity index (χ2v) is 9.11. The van der Waals surface area contributed by atoms with Gasteiger partial charge in [0.15, 0.2) is 0 Å². The Morgan fingerprint density at radius 1 is 0.522 bits per heavy atom. The Labute approximate surface area is 154 Å². The fraction of sp³-hybridized carbons (Fsp3) is 0.909. The Hall–Kier alpha value is 0.272. The highest BCUT2D eigenvalue weighted by Gasteiger charge is 1.93. The second-order valence-electron chi connectivity index (χ2n) is 7.35. The first-order chi connectivity index (χ1) is 11.4. The average Bonchev–Trinajstić information content (AvgIpc) is 2.57. The van der Waals surface area contributed by atoms with Gasteiger partial charge in [0.1, 0.15) is 0 Å². The van der Waals surface area contributed by atoms with Crippen molar-refractivity contribution in [3.8, 4) is 0 Å². The molecule has 0 saturated carbocycles. The minimum absolute atomic E-state index is 0.130. The highest BCUT2D eigenvalue weighted by molar-refractivity contribution is 6.41. The highest BCUT2D eigenvalue weighted by atomic mass is 27.1. The molecule has 0 aliphatic heterocycles. The fourth-order valence-electron chi connectivity index (χ4n) is 3.20. The molecule has 0 spiro atoms. The van der Waals surface area contributed by atoms with Gasteiger partial charge in [0.2, 0.25) is 0 Å². The van der Waals surface area contributed by atoms with Gasteiger partial charge in [-0.1, -0.05) is 115 Å². The highest BCUT2D eigenvalue weighted by Crippen LogP contribution is 2.11. The molecule has 0 rings (SSSR count). The number of hydrogen-bond donors (Lipinski definition) is 0. The normalized spacial score (nSPS) is 11.4. The van der Waals surface area contributed by atoms with Crippen molar-refractivity contribution >= 4 is 15.2 Å². The van der Waals surface area contributed by atoms with Crippen LogP contribution < -0.4 is 0 Å². The molecule has 0 atom stereocenters. The maximum atomic E-state index is 2.57. The van der Waals surface area contributed by atoms with E-state index in [1.54, 1.807) is 5.28 Å². The lowest BCUT2D eigenvalue weighted by Gasteiger charge is -2.00. The molecule has 0 heterocycles. The average molecular weight is 337 g/mol. The smallest absolute Gasteiger partial charge is 0.152 e. The SMILES string of the molecule is CCCCCCCCCCC=[CH][AlH][CH2]CCCCCCCCC. The first-order valence-electron chi connectivity index (χ1n) is 11.1. The maximum absolute atomic E-state index is 2.57. The molecule has 0 unspecified atom stereocenters. The Bertz CT molecular complexity index is 222. The molecule has 0 aromatic rings. The zero-order chi connectivity index (χ0) is 16.8. The number of hydrogen-bond acceptors (Lipinski definition) is 0. The van der Waals surface area contributed by atoms with Crippen LogP contribution in [0.4, 0.5) is 0 Å². The van der Waals surface area contributed by atoms with Crippen molar-refractivity contribution in [2.45, 2.75) is 128 Å². The molecule has 0 aromatic heterocycles. The molecule has 1 heteroatoms. The van der Waals surface area contributed by atoms with Crippen LogP contribution in [0.15, 0.2) is 11.0 Å². The van der Waals surface area contributed by atoms with Gasteiger partial charge in [0, 0.05) is 0 Å². The molecule has 136 valence electrons. The van der Waals surface area contributed by atoms with Gasteiger partial charge in [-0.15, -0.1) is 6.08 Å². The van der Waals surface area contributed by atoms with Crippen molar-refractivity contribution in [3.63, 3.8) is 0 Å². The summed E-state index contributed by atoms with van der Waals surface area (Å²) in [7, 11) is 0. The summed E-state index contributed by atoms with van der Waals surface area (Å²) in [5.41, 5.74) is 0. The van der Waals surface area contributed by atoms with E-state index in [1.165, 1.54) is 109 Å². The molecule has 0 saturated heterocycles. The first kappa shape index (κ1) is 23.3. The summed E-state index contributed by atoms with van der Waals surface area (Å²) in [5.74, 6) is 0. The summed E-state index contributed by atoms with van der Waals surface area (Å²) in [6.45, 7) is 4.59. The predicted octanol–water partition coefficient (Wildman–Crippen LogP) is 8.03. The van der Waals surface area contributed by atoms with Crippen LogP contribution in [0, 0.1) is 0 Å². The van der Waals surface area contributed by atoms with Gasteiger partial charge in [-0.2, -0.15) is 4.94 Å². The summed E-state index contributed by atoms with van der Waals surface area (Å²) in [6, 6.07) is 0. The van der Waals surface area contributed by atoms with Gasteiger partial charge in [0.25, 0.3) is 15.2 Å². The number of allylic oxidation sites excluding steroid dienone is 1. The monoisotopic (exact) mass is 336 g/mol. The molecular weight excluding hydrogens is 291 g/mol. The third-order valence-electron chi connectivity index (χ3n) is 4.87. The predicted molar refractivity (Wildman–Crippen MR) is 111 cm³/mol.